The van der Waals surface area contributed by atoms with Gasteiger partial charge in [0.1, 0.15) is 5.52 Å². The largest absolute Gasteiger partial charge is 0.436 e. The lowest BCUT2D eigenvalue weighted by Crippen LogP contribution is -2.39. The second-order valence-corrected chi connectivity index (χ2v) is 8.73. The Kier molecular flexibility index (Phi) is 6.18. The summed E-state index contributed by atoms with van der Waals surface area (Å²) in [7, 11) is 1.99. The number of Topliss-reactive ketones (excluding diaryl/α,β-unsaturated/α-hetero) is 1. The predicted molar refractivity (Wildman–Crippen MR) is 121 cm³/mol. The summed E-state index contributed by atoms with van der Waals surface area (Å²) in [6.45, 7) is 4.17. The maximum atomic E-state index is 12.8. The Morgan fingerprint density at radius 3 is 2.58 bits per heavy atom. The van der Waals surface area contributed by atoms with Crippen molar-refractivity contribution in [3.8, 4) is 11.5 Å². The third-order valence-electron chi connectivity index (χ3n) is 6.04. The minimum atomic E-state index is -0.00362. The van der Waals surface area contributed by atoms with Gasteiger partial charge in [-0.3, -0.25) is 14.5 Å². The number of aromatic nitrogens is 1. The van der Waals surface area contributed by atoms with Gasteiger partial charge in [-0.25, -0.2) is 4.98 Å². The van der Waals surface area contributed by atoms with Crippen molar-refractivity contribution in [2.75, 3.05) is 13.6 Å². The Balaban J connectivity index is 1.35. The molecule has 0 bridgehead atoms. The van der Waals surface area contributed by atoms with Crippen LogP contribution in [0.3, 0.4) is 0 Å². The average molecular weight is 420 g/mol. The molecule has 0 spiro atoms. The molecule has 6 heteroatoms. The number of nitrogens with zero attached hydrogens (tertiary/aromatic N) is 2. The summed E-state index contributed by atoms with van der Waals surface area (Å²) in [5.74, 6) is 0.735. The van der Waals surface area contributed by atoms with Crippen molar-refractivity contribution in [1.29, 1.82) is 0 Å². The van der Waals surface area contributed by atoms with Crippen molar-refractivity contribution in [1.82, 2.24) is 15.2 Å². The summed E-state index contributed by atoms with van der Waals surface area (Å²) < 4.78 is 5.80. The van der Waals surface area contributed by atoms with Crippen molar-refractivity contribution in [2.24, 2.45) is 5.92 Å². The van der Waals surface area contributed by atoms with Crippen molar-refractivity contribution in [3.05, 3.63) is 54.1 Å². The Morgan fingerprint density at radius 2 is 1.87 bits per heavy atom. The fourth-order valence-corrected chi connectivity index (χ4v) is 4.10. The smallest absolute Gasteiger partial charge is 0.227 e. The molecule has 0 unspecified atom stereocenters. The number of rotatable bonds is 7. The maximum Gasteiger partial charge on any atom is 0.227 e. The van der Waals surface area contributed by atoms with Gasteiger partial charge in [0.2, 0.25) is 11.8 Å². The lowest BCUT2D eigenvalue weighted by Gasteiger charge is -2.24. The van der Waals surface area contributed by atoms with E-state index >= 15 is 0 Å². The highest BCUT2D eigenvalue weighted by Crippen LogP contribution is 2.26. The van der Waals surface area contributed by atoms with Crippen LogP contribution >= 0.6 is 0 Å². The molecule has 3 aromatic rings. The van der Waals surface area contributed by atoms with Gasteiger partial charge in [-0.2, -0.15) is 0 Å². The number of hydrogen-bond donors (Lipinski definition) is 1. The number of hydrogen-bond acceptors (Lipinski definition) is 5. The van der Waals surface area contributed by atoms with E-state index in [2.05, 4.69) is 15.2 Å². The molecular formula is C25H29N3O3. The molecule has 4 rings (SSSR count). The molecule has 1 aliphatic rings. The van der Waals surface area contributed by atoms with Crippen LogP contribution in [-0.2, 0) is 4.79 Å². The van der Waals surface area contributed by atoms with Crippen LogP contribution in [0, 0.1) is 5.92 Å². The van der Waals surface area contributed by atoms with Crippen molar-refractivity contribution < 1.29 is 14.0 Å². The summed E-state index contributed by atoms with van der Waals surface area (Å²) >= 11 is 0. The van der Waals surface area contributed by atoms with E-state index in [-0.39, 0.29) is 23.7 Å². The van der Waals surface area contributed by atoms with E-state index in [1.165, 1.54) is 0 Å². The lowest BCUT2D eigenvalue weighted by molar-refractivity contribution is -0.124. The zero-order valence-corrected chi connectivity index (χ0v) is 18.3. The Labute approximate surface area is 182 Å². The molecule has 0 aliphatic heterocycles. The third-order valence-corrected chi connectivity index (χ3v) is 6.04. The van der Waals surface area contributed by atoms with Gasteiger partial charge in [-0.05, 0) is 50.6 Å². The fourth-order valence-electron chi connectivity index (χ4n) is 4.10. The van der Waals surface area contributed by atoms with Gasteiger partial charge in [0.05, 0.1) is 6.54 Å². The first-order valence-electron chi connectivity index (χ1n) is 10.9. The molecule has 162 valence electrons. The van der Waals surface area contributed by atoms with Crippen LogP contribution in [-0.4, -0.2) is 47.3 Å². The molecule has 31 heavy (non-hydrogen) atoms. The number of ketones is 1. The predicted octanol–water partition coefficient (Wildman–Crippen LogP) is 4.30. The van der Waals surface area contributed by atoms with Crippen LogP contribution < -0.4 is 5.32 Å². The minimum Gasteiger partial charge on any atom is -0.436 e. The van der Waals surface area contributed by atoms with E-state index in [0.29, 0.717) is 24.0 Å². The summed E-state index contributed by atoms with van der Waals surface area (Å²) in [6, 6.07) is 15.6. The number of likely N-dealkylation sites (N-methyl/N-ethyl adjacent to an activating group) is 1. The number of benzene rings is 2. The standard InChI is InChI=1S/C25H29N3O3/c1-16(2)24(30)26-19-12-13-20(14-19)28(3)15-22(29)17-8-10-18(11-9-17)25-27-21-6-4-5-7-23(21)31-25/h4-11,16,19-20H,12-15H2,1-3H3,(H,26,30)/t19-,20+/m0/s1. The van der Waals surface area contributed by atoms with Crippen LogP contribution in [0.4, 0.5) is 0 Å². The van der Waals surface area contributed by atoms with E-state index in [4.69, 9.17) is 4.42 Å². The van der Waals surface area contributed by atoms with Gasteiger partial charge in [0.25, 0.3) is 0 Å². The highest BCUT2D eigenvalue weighted by atomic mass is 16.3. The summed E-state index contributed by atoms with van der Waals surface area (Å²) in [6.07, 6.45) is 2.84. The Bertz CT molecular complexity index is 1040. The zero-order chi connectivity index (χ0) is 22.0. The number of carbonyl (C=O) groups excluding carboxylic acids is 2. The first kappa shape index (κ1) is 21.2. The molecule has 1 saturated carbocycles. The quantitative estimate of drug-likeness (QED) is 0.578. The van der Waals surface area contributed by atoms with E-state index in [0.717, 1.165) is 35.9 Å². The van der Waals surface area contributed by atoms with E-state index in [9.17, 15) is 9.59 Å². The summed E-state index contributed by atoms with van der Waals surface area (Å²) in [5.41, 5.74) is 3.09. The van der Waals surface area contributed by atoms with Crippen molar-refractivity contribution in [2.45, 2.75) is 45.2 Å². The van der Waals surface area contributed by atoms with Crippen LogP contribution in [0.2, 0.25) is 0 Å². The van der Waals surface area contributed by atoms with Gasteiger partial charge in [0, 0.05) is 29.1 Å². The molecule has 0 radical (unpaired) electrons. The molecule has 1 amide bonds. The molecule has 2 aromatic carbocycles. The second-order valence-electron chi connectivity index (χ2n) is 8.73. The summed E-state index contributed by atoms with van der Waals surface area (Å²) in [5, 5.41) is 3.11. The van der Waals surface area contributed by atoms with Crippen LogP contribution in [0.25, 0.3) is 22.6 Å². The average Bonchev–Trinajstić information content (AvgIpc) is 3.40. The molecule has 0 saturated heterocycles. The molecule has 1 fully saturated rings. The van der Waals surface area contributed by atoms with Gasteiger partial charge in [-0.1, -0.05) is 38.1 Å². The number of nitrogens with one attached hydrogen (secondary N) is 1. The number of carbonyl (C=O) groups is 2. The van der Waals surface area contributed by atoms with Crippen molar-refractivity contribution in [3.63, 3.8) is 0 Å². The highest BCUT2D eigenvalue weighted by molar-refractivity contribution is 5.98. The van der Waals surface area contributed by atoms with Crippen molar-refractivity contribution >= 4 is 22.8 Å². The normalized spacial score (nSPS) is 18.7. The van der Waals surface area contributed by atoms with Crippen LogP contribution in [0.15, 0.2) is 52.9 Å². The van der Waals surface area contributed by atoms with Gasteiger partial charge < -0.3 is 9.73 Å². The van der Waals surface area contributed by atoms with E-state index in [1.807, 2.05) is 69.4 Å². The van der Waals surface area contributed by atoms with Crippen LogP contribution in [0.1, 0.15) is 43.5 Å². The maximum absolute atomic E-state index is 12.8. The second kappa shape index (κ2) is 9.02. The fraction of sp³-hybridized carbons (Fsp3) is 0.400. The molecule has 2 atom stereocenters. The third kappa shape index (κ3) is 4.85. The highest BCUT2D eigenvalue weighted by Gasteiger charge is 2.29. The Morgan fingerprint density at radius 1 is 1.13 bits per heavy atom. The van der Waals surface area contributed by atoms with E-state index < -0.39 is 0 Å². The number of oxazole rings is 1. The number of amides is 1. The summed E-state index contributed by atoms with van der Waals surface area (Å²) in [4.78, 5) is 31.3. The topological polar surface area (TPSA) is 75.4 Å². The number of fused-ring (bicyclic) bond motifs is 1. The first-order valence-corrected chi connectivity index (χ1v) is 10.9. The SMILES string of the molecule is CC(C)C(=O)N[C@H]1CC[C@@H](N(C)CC(=O)c2ccc(-c3nc4ccccc4o3)cc2)C1. The van der Waals surface area contributed by atoms with E-state index in [1.54, 1.807) is 0 Å². The monoisotopic (exact) mass is 419 g/mol. The molecule has 1 aliphatic carbocycles. The van der Waals surface area contributed by atoms with Gasteiger partial charge in [0.15, 0.2) is 11.4 Å². The lowest BCUT2D eigenvalue weighted by atomic mass is 10.1. The van der Waals surface area contributed by atoms with Gasteiger partial charge >= 0.3 is 0 Å². The molecule has 1 heterocycles. The molecule has 1 N–H and O–H groups in total. The molecular weight excluding hydrogens is 390 g/mol. The Hall–Kier alpha value is -2.99. The first-order chi connectivity index (χ1) is 14.9. The molecule has 1 aromatic heterocycles. The van der Waals surface area contributed by atoms with Crippen LogP contribution in [0.5, 0.6) is 0 Å². The minimum absolute atomic E-state index is 0.00362. The van der Waals surface area contributed by atoms with Gasteiger partial charge in [-0.15, -0.1) is 0 Å². The zero-order valence-electron chi connectivity index (χ0n) is 18.3. The number of para-hydroxylation sites is 2. The molecule has 6 nitrogen and oxygen atoms in total.